The van der Waals surface area contributed by atoms with Crippen LogP contribution in [0.25, 0.3) is 10.9 Å². The Morgan fingerprint density at radius 2 is 1.95 bits per heavy atom. The molecule has 104 valence electrons. The number of amides is 1. The smallest absolute Gasteiger partial charge is 0.270 e. The molecular weight excluding hydrogens is 262 g/mol. The topological polar surface area (TPSA) is 54.9 Å². The van der Waals surface area contributed by atoms with E-state index in [9.17, 15) is 4.79 Å². The first-order valence-electron chi connectivity index (χ1n) is 6.77. The lowest BCUT2D eigenvalue weighted by atomic mass is 10.1. The molecule has 1 amide bonds. The van der Waals surface area contributed by atoms with E-state index in [4.69, 9.17) is 0 Å². The van der Waals surface area contributed by atoms with Gasteiger partial charge in [0.1, 0.15) is 12.0 Å². The SMILES string of the molecule is Cc1cccc(CNC(=O)c2ncnc3ccccc23)c1. The second-order valence-electron chi connectivity index (χ2n) is 4.91. The number of hydrogen-bond donors (Lipinski definition) is 1. The van der Waals surface area contributed by atoms with Gasteiger partial charge in [-0.3, -0.25) is 4.79 Å². The monoisotopic (exact) mass is 277 g/mol. The Kier molecular flexibility index (Phi) is 3.60. The highest BCUT2D eigenvalue weighted by Gasteiger charge is 2.11. The van der Waals surface area contributed by atoms with Crippen molar-refractivity contribution in [3.05, 3.63) is 71.7 Å². The van der Waals surface area contributed by atoms with Crippen molar-refractivity contribution in [2.45, 2.75) is 13.5 Å². The second-order valence-corrected chi connectivity index (χ2v) is 4.91. The van der Waals surface area contributed by atoms with E-state index in [1.165, 1.54) is 11.9 Å². The van der Waals surface area contributed by atoms with E-state index in [0.29, 0.717) is 12.2 Å². The molecule has 4 nitrogen and oxygen atoms in total. The van der Waals surface area contributed by atoms with Gasteiger partial charge in [-0.2, -0.15) is 0 Å². The number of carbonyl (C=O) groups excluding carboxylic acids is 1. The number of para-hydroxylation sites is 1. The zero-order valence-corrected chi connectivity index (χ0v) is 11.7. The highest BCUT2D eigenvalue weighted by atomic mass is 16.1. The lowest BCUT2D eigenvalue weighted by Crippen LogP contribution is -2.24. The quantitative estimate of drug-likeness (QED) is 0.801. The first-order chi connectivity index (χ1) is 10.2. The third-order valence-corrected chi connectivity index (χ3v) is 3.29. The molecule has 0 radical (unpaired) electrons. The van der Waals surface area contributed by atoms with E-state index >= 15 is 0 Å². The molecule has 0 spiro atoms. The molecule has 1 N–H and O–H groups in total. The molecule has 0 aliphatic rings. The van der Waals surface area contributed by atoms with Crippen LogP contribution in [0.4, 0.5) is 0 Å². The third-order valence-electron chi connectivity index (χ3n) is 3.29. The molecule has 0 bridgehead atoms. The van der Waals surface area contributed by atoms with Crippen LogP contribution < -0.4 is 5.32 Å². The number of nitrogens with one attached hydrogen (secondary N) is 1. The Morgan fingerprint density at radius 1 is 1.10 bits per heavy atom. The van der Waals surface area contributed by atoms with Crippen molar-refractivity contribution in [3.63, 3.8) is 0 Å². The van der Waals surface area contributed by atoms with Crippen LogP contribution in [0, 0.1) is 6.92 Å². The maximum Gasteiger partial charge on any atom is 0.270 e. The summed E-state index contributed by atoms with van der Waals surface area (Å²) in [5.41, 5.74) is 3.43. The molecule has 2 aromatic carbocycles. The average molecular weight is 277 g/mol. The fraction of sp³-hybridized carbons (Fsp3) is 0.118. The Hall–Kier alpha value is -2.75. The number of rotatable bonds is 3. The number of nitrogens with zero attached hydrogens (tertiary/aromatic N) is 2. The Labute approximate surface area is 122 Å². The summed E-state index contributed by atoms with van der Waals surface area (Å²) in [6.45, 7) is 2.52. The van der Waals surface area contributed by atoms with Crippen LogP contribution in [0.2, 0.25) is 0 Å². The number of carbonyl (C=O) groups is 1. The maximum atomic E-state index is 12.3. The molecule has 0 saturated heterocycles. The first kappa shape index (κ1) is 13.2. The van der Waals surface area contributed by atoms with Crippen molar-refractivity contribution < 1.29 is 4.79 Å². The summed E-state index contributed by atoms with van der Waals surface area (Å²) in [5.74, 6) is -0.185. The fourth-order valence-corrected chi connectivity index (χ4v) is 2.27. The molecule has 0 aliphatic carbocycles. The van der Waals surface area contributed by atoms with Crippen LogP contribution in [-0.4, -0.2) is 15.9 Å². The van der Waals surface area contributed by atoms with Crippen molar-refractivity contribution >= 4 is 16.8 Å². The first-order valence-corrected chi connectivity index (χ1v) is 6.77. The van der Waals surface area contributed by atoms with Crippen LogP contribution in [0.5, 0.6) is 0 Å². The molecular formula is C17H15N3O. The number of aromatic nitrogens is 2. The van der Waals surface area contributed by atoms with Gasteiger partial charge in [0.2, 0.25) is 0 Å². The number of fused-ring (bicyclic) bond motifs is 1. The number of benzene rings is 2. The second kappa shape index (κ2) is 5.71. The third kappa shape index (κ3) is 2.89. The molecule has 4 heteroatoms. The van der Waals surface area contributed by atoms with Crippen molar-refractivity contribution in [3.8, 4) is 0 Å². The lowest BCUT2D eigenvalue weighted by molar-refractivity contribution is 0.0947. The lowest BCUT2D eigenvalue weighted by Gasteiger charge is -2.07. The minimum absolute atomic E-state index is 0.185. The van der Waals surface area contributed by atoms with Crippen LogP contribution in [0.3, 0.4) is 0 Å². The normalized spacial score (nSPS) is 10.5. The molecule has 0 atom stereocenters. The summed E-state index contributed by atoms with van der Waals surface area (Å²) in [5, 5.41) is 3.67. The molecule has 3 rings (SSSR count). The van der Waals surface area contributed by atoms with E-state index < -0.39 is 0 Å². The predicted octanol–water partition coefficient (Wildman–Crippen LogP) is 2.87. The van der Waals surface area contributed by atoms with Gasteiger partial charge in [0.05, 0.1) is 5.52 Å². The van der Waals surface area contributed by atoms with Crippen molar-refractivity contribution in [2.24, 2.45) is 0 Å². The van der Waals surface area contributed by atoms with Gasteiger partial charge in [0.15, 0.2) is 0 Å². The summed E-state index contributed by atoms with van der Waals surface area (Å²) >= 11 is 0. The van der Waals surface area contributed by atoms with E-state index in [1.807, 2.05) is 49.4 Å². The van der Waals surface area contributed by atoms with Gasteiger partial charge in [-0.1, -0.05) is 48.0 Å². The summed E-state index contributed by atoms with van der Waals surface area (Å²) in [6.07, 6.45) is 1.42. The molecule has 0 saturated carbocycles. The molecule has 1 aromatic heterocycles. The molecule has 0 unspecified atom stereocenters. The average Bonchev–Trinajstić information content (AvgIpc) is 2.52. The van der Waals surface area contributed by atoms with Crippen LogP contribution in [0.1, 0.15) is 21.6 Å². The zero-order chi connectivity index (χ0) is 14.7. The van der Waals surface area contributed by atoms with E-state index in [2.05, 4.69) is 21.4 Å². The van der Waals surface area contributed by atoms with Gasteiger partial charge in [0.25, 0.3) is 5.91 Å². The minimum Gasteiger partial charge on any atom is -0.347 e. The largest absolute Gasteiger partial charge is 0.347 e. The van der Waals surface area contributed by atoms with Gasteiger partial charge in [-0.05, 0) is 18.6 Å². The Balaban J connectivity index is 1.81. The summed E-state index contributed by atoms with van der Waals surface area (Å²) in [4.78, 5) is 20.6. The van der Waals surface area contributed by atoms with E-state index in [-0.39, 0.29) is 5.91 Å². The van der Waals surface area contributed by atoms with Gasteiger partial charge in [0, 0.05) is 11.9 Å². The van der Waals surface area contributed by atoms with E-state index in [0.717, 1.165) is 16.5 Å². The van der Waals surface area contributed by atoms with Gasteiger partial charge >= 0.3 is 0 Å². The Morgan fingerprint density at radius 3 is 2.81 bits per heavy atom. The zero-order valence-electron chi connectivity index (χ0n) is 11.7. The van der Waals surface area contributed by atoms with Crippen LogP contribution in [0.15, 0.2) is 54.9 Å². The van der Waals surface area contributed by atoms with Gasteiger partial charge < -0.3 is 5.32 Å². The van der Waals surface area contributed by atoms with Gasteiger partial charge in [-0.15, -0.1) is 0 Å². The molecule has 0 fully saturated rings. The fourth-order valence-electron chi connectivity index (χ4n) is 2.27. The highest BCUT2D eigenvalue weighted by molar-refractivity contribution is 6.04. The van der Waals surface area contributed by atoms with Crippen LogP contribution in [-0.2, 0) is 6.54 Å². The molecule has 21 heavy (non-hydrogen) atoms. The van der Waals surface area contributed by atoms with Crippen LogP contribution >= 0.6 is 0 Å². The summed E-state index contributed by atoms with van der Waals surface area (Å²) < 4.78 is 0. The molecule has 0 aliphatic heterocycles. The van der Waals surface area contributed by atoms with Crippen molar-refractivity contribution in [1.82, 2.24) is 15.3 Å². The molecule has 1 heterocycles. The minimum atomic E-state index is -0.185. The van der Waals surface area contributed by atoms with Crippen molar-refractivity contribution in [2.75, 3.05) is 0 Å². The maximum absolute atomic E-state index is 12.3. The number of aryl methyl sites for hydroxylation is 1. The van der Waals surface area contributed by atoms with Gasteiger partial charge in [-0.25, -0.2) is 9.97 Å². The van der Waals surface area contributed by atoms with Crippen molar-refractivity contribution in [1.29, 1.82) is 0 Å². The van der Waals surface area contributed by atoms with E-state index in [1.54, 1.807) is 0 Å². The summed E-state index contributed by atoms with van der Waals surface area (Å²) in [7, 11) is 0. The Bertz CT molecular complexity index is 793. The standard InChI is InChI=1S/C17H15N3O/c1-12-5-4-6-13(9-12)10-18-17(21)16-14-7-2-3-8-15(14)19-11-20-16/h2-9,11H,10H2,1H3,(H,18,21). The highest BCUT2D eigenvalue weighted by Crippen LogP contribution is 2.14. The summed E-state index contributed by atoms with van der Waals surface area (Å²) in [6, 6.07) is 15.6. The predicted molar refractivity (Wildman–Crippen MR) is 81.9 cm³/mol. The number of hydrogen-bond acceptors (Lipinski definition) is 3. The molecule has 3 aromatic rings.